The molecule has 0 heterocycles. The molecule has 0 rings (SSSR count). The molecule has 0 aliphatic rings. The van der Waals surface area contributed by atoms with Crippen molar-refractivity contribution in [2.45, 2.75) is 25.7 Å². The Balaban J connectivity index is 2.99. The number of oxime groups is 1. The van der Waals surface area contributed by atoms with Gasteiger partial charge >= 0.3 is 0 Å². The fourth-order valence-electron chi connectivity index (χ4n) is 1.10. The topological polar surface area (TPSA) is 70.6 Å². The Morgan fingerprint density at radius 3 is 2.71 bits per heavy atom. The monoisotopic (exact) mass is 219 g/mol. The van der Waals surface area contributed by atoms with Crippen LogP contribution in [0.4, 0.5) is 0 Å². The lowest BCUT2D eigenvalue weighted by Crippen LogP contribution is -2.29. The molecule has 4 nitrogen and oxygen atoms in total. The van der Waals surface area contributed by atoms with Gasteiger partial charge in [0.2, 0.25) is 0 Å². The van der Waals surface area contributed by atoms with Gasteiger partial charge in [-0.25, -0.2) is 0 Å². The highest BCUT2D eigenvalue weighted by molar-refractivity contribution is 7.98. The summed E-state index contributed by atoms with van der Waals surface area (Å²) in [6.45, 7) is 1.41. The molecule has 0 amide bonds. The number of nitrogens with one attached hydrogen (secondary N) is 1. The molecule has 0 atom stereocenters. The Labute approximate surface area is 90.3 Å². The van der Waals surface area contributed by atoms with Crippen molar-refractivity contribution in [2.24, 2.45) is 10.9 Å². The van der Waals surface area contributed by atoms with E-state index in [1.54, 1.807) is 0 Å². The summed E-state index contributed by atoms with van der Waals surface area (Å²) in [6, 6.07) is 0. The van der Waals surface area contributed by atoms with Crippen LogP contribution < -0.4 is 11.1 Å². The van der Waals surface area contributed by atoms with Crippen molar-refractivity contribution < 1.29 is 5.21 Å². The van der Waals surface area contributed by atoms with Gasteiger partial charge in [0.15, 0.2) is 5.84 Å². The Hall–Kier alpha value is -0.420. The zero-order valence-corrected chi connectivity index (χ0v) is 9.65. The number of amidine groups is 1. The zero-order valence-electron chi connectivity index (χ0n) is 8.83. The third-order valence-corrected chi connectivity index (χ3v) is 2.58. The maximum atomic E-state index is 8.26. The number of nitrogens with two attached hydrogens (primary N) is 1. The third-order valence-electron chi connectivity index (χ3n) is 1.89. The number of nitrogens with zero attached hydrogens (tertiary/aromatic N) is 1. The number of hydrogen-bond acceptors (Lipinski definition) is 4. The van der Waals surface area contributed by atoms with E-state index in [4.69, 9.17) is 10.9 Å². The third kappa shape index (κ3) is 9.67. The first-order valence-corrected chi connectivity index (χ1v) is 6.36. The van der Waals surface area contributed by atoms with Crippen LogP contribution in [0, 0.1) is 0 Å². The zero-order chi connectivity index (χ0) is 10.6. The van der Waals surface area contributed by atoms with E-state index in [1.807, 2.05) is 11.8 Å². The van der Waals surface area contributed by atoms with Gasteiger partial charge in [0.25, 0.3) is 0 Å². The summed E-state index contributed by atoms with van der Waals surface area (Å²) < 4.78 is 0. The summed E-state index contributed by atoms with van der Waals surface area (Å²) >= 11 is 1.90. The van der Waals surface area contributed by atoms with Crippen LogP contribution in [-0.2, 0) is 0 Å². The van der Waals surface area contributed by atoms with E-state index in [0.717, 1.165) is 13.0 Å². The lowest BCUT2D eigenvalue weighted by Gasteiger charge is -2.03. The highest BCUT2D eigenvalue weighted by atomic mass is 32.2. The van der Waals surface area contributed by atoms with Crippen LogP contribution in [0.25, 0.3) is 0 Å². The van der Waals surface area contributed by atoms with Gasteiger partial charge in [-0.15, -0.1) is 0 Å². The minimum absolute atomic E-state index is 0.243. The number of hydrogen-bond donors (Lipinski definition) is 3. The first kappa shape index (κ1) is 13.6. The van der Waals surface area contributed by atoms with Crippen molar-refractivity contribution in [1.29, 1.82) is 0 Å². The molecule has 84 valence electrons. The van der Waals surface area contributed by atoms with E-state index >= 15 is 0 Å². The van der Waals surface area contributed by atoms with Crippen molar-refractivity contribution in [2.75, 3.05) is 25.1 Å². The summed E-state index contributed by atoms with van der Waals surface area (Å²) in [4.78, 5) is 0. The van der Waals surface area contributed by atoms with Gasteiger partial charge in [-0.2, -0.15) is 11.8 Å². The van der Waals surface area contributed by atoms with Gasteiger partial charge in [0, 0.05) is 0 Å². The van der Waals surface area contributed by atoms with Crippen molar-refractivity contribution in [1.82, 2.24) is 5.32 Å². The molecule has 0 saturated heterocycles. The molecular formula is C9H21N3OS. The van der Waals surface area contributed by atoms with Gasteiger partial charge in [0.05, 0.1) is 6.54 Å². The van der Waals surface area contributed by atoms with Crippen LogP contribution in [0.5, 0.6) is 0 Å². The predicted molar refractivity (Wildman–Crippen MR) is 63.1 cm³/mol. The highest BCUT2D eigenvalue weighted by Crippen LogP contribution is 2.03. The minimum Gasteiger partial charge on any atom is -0.409 e. The molecule has 0 aromatic heterocycles. The number of thioether (sulfide) groups is 1. The molecule has 0 aromatic carbocycles. The van der Waals surface area contributed by atoms with Crippen LogP contribution in [0.1, 0.15) is 25.7 Å². The second-order valence-electron chi connectivity index (χ2n) is 3.18. The molecule has 0 spiro atoms. The van der Waals surface area contributed by atoms with Crippen molar-refractivity contribution in [3.05, 3.63) is 0 Å². The molecular weight excluding hydrogens is 198 g/mol. The highest BCUT2D eigenvalue weighted by Gasteiger charge is 1.92. The summed E-state index contributed by atoms with van der Waals surface area (Å²) in [7, 11) is 0. The van der Waals surface area contributed by atoms with Crippen molar-refractivity contribution in [3.8, 4) is 0 Å². The molecule has 0 unspecified atom stereocenters. The molecule has 0 aromatic rings. The first-order chi connectivity index (χ1) is 6.81. The molecule has 4 N–H and O–H groups in total. The second-order valence-corrected chi connectivity index (χ2v) is 4.16. The van der Waals surface area contributed by atoms with Crippen LogP contribution in [0.15, 0.2) is 5.16 Å². The largest absolute Gasteiger partial charge is 0.409 e. The second kappa shape index (κ2) is 10.7. The maximum Gasteiger partial charge on any atom is 0.153 e. The van der Waals surface area contributed by atoms with Crippen LogP contribution >= 0.6 is 11.8 Å². The molecule has 0 bridgehead atoms. The number of unbranched alkanes of at least 4 members (excludes halogenated alkanes) is 3. The van der Waals surface area contributed by atoms with E-state index in [2.05, 4.69) is 16.7 Å². The molecule has 0 aliphatic heterocycles. The average Bonchev–Trinajstić information content (AvgIpc) is 2.21. The van der Waals surface area contributed by atoms with Crippen molar-refractivity contribution in [3.63, 3.8) is 0 Å². The van der Waals surface area contributed by atoms with Gasteiger partial charge < -0.3 is 16.3 Å². The van der Waals surface area contributed by atoms with E-state index in [-0.39, 0.29) is 5.84 Å². The Kier molecular flexibility index (Phi) is 10.3. The lowest BCUT2D eigenvalue weighted by atomic mass is 10.2. The summed E-state index contributed by atoms with van der Waals surface area (Å²) in [6.07, 6.45) is 7.16. The molecule has 0 fully saturated rings. The molecule has 14 heavy (non-hydrogen) atoms. The van der Waals surface area contributed by atoms with Crippen LogP contribution in [-0.4, -0.2) is 36.1 Å². The molecule has 0 aliphatic carbocycles. The quantitative estimate of drug-likeness (QED) is 0.179. The maximum absolute atomic E-state index is 8.26. The summed E-state index contributed by atoms with van der Waals surface area (Å²) in [5.74, 6) is 1.50. The predicted octanol–water partition coefficient (Wildman–Crippen LogP) is 1.25. The Morgan fingerprint density at radius 1 is 1.36 bits per heavy atom. The van der Waals surface area contributed by atoms with E-state index in [9.17, 15) is 0 Å². The fraction of sp³-hybridized carbons (Fsp3) is 0.889. The van der Waals surface area contributed by atoms with Crippen LogP contribution in [0.2, 0.25) is 0 Å². The molecule has 5 heteroatoms. The summed E-state index contributed by atoms with van der Waals surface area (Å²) in [5, 5.41) is 14.2. The van der Waals surface area contributed by atoms with E-state index in [0.29, 0.717) is 6.54 Å². The Bertz CT molecular complexity index is 153. The average molecular weight is 219 g/mol. The summed E-state index contributed by atoms with van der Waals surface area (Å²) in [5.41, 5.74) is 5.29. The van der Waals surface area contributed by atoms with Gasteiger partial charge in [-0.05, 0) is 31.4 Å². The van der Waals surface area contributed by atoms with E-state index < -0.39 is 0 Å². The van der Waals surface area contributed by atoms with Gasteiger partial charge in [0.1, 0.15) is 0 Å². The number of rotatable bonds is 9. The van der Waals surface area contributed by atoms with Gasteiger partial charge in [-0.1, -0.05) is 18.0 Å². The minimum atomic E-state index is 0.243. The molecule has 0 saturated carbocycles. The standard InChI is InChI=1S/C9H21N3OS/c1-14-7-5-3-2-4-6-11-8-9(10)12-13/h11,13H,2-8H2,1H3,(H2,10,12). The first-order valence-electron chi connectivity index (χ1n) is 4.97. The van der Waals surface area contributed by atoms with Crippen molar-refractivity contribution >= 4 is 17.6 Å². The van der Waals surface area contributed by atoms with Crippen LogP contribution in [0.3, 0.4) is 0 Å². The molecule has 0 radical (unpaired) electrons. The Morgan fingerprint density at radius 2 is 2.07 bits per heavy atom. The van der Waals surface area contributed by atoms with Gasteiger partial charge in [-0.3, -0.25) is 0 Å². The SMILES string of the molecule is CSCCCCCCNCC(N)=NO. The fourth-order valence-corrected chi connectivity index (χ4v) is 1.59. The lowest BCUT2D eigenvalue weighted by molar-refractivity contribution is 0.317. The van der Waals surface area contributed by atoms with E-state index in [1.165, 1.54) is 25.0 Å². The smallest absolute Gasteiger partial charge is 0.153 e. The normalized spacial score (nSPS) is 11.9.